The average Bonchev–Trinajstić information content (AvgIpc) is 2.70. The van der Waals surface area contributed by atoms with Gasteiger partial charge in [0.15, 0.2) is 0 Å². The van der Waals surface area contributed by atoms with Crippen LogP contribution in [0.1, 0.15) is 0 Å². The Morgan fingerprint density at radius 3 is 2.25 bits per heavy atom. The molecule has 3 N–H and O–H groups in total. The zero-order valence-corrected chi connectivity index (χ0v) is 8.92. The molecule has 0 unspecified atom stereocenters. The first-order chi connectivity index (χ1) is 7.58. The molecule has 1 aromatic carbocycles. The lowest BCUT2D eigenvalue weighted by Crippen LogP contribution is -2.25. The van der Waals surface area contributed by atoms with Crippen LogP contribution in [0.15, 0.2) is 41.6 Å². The molecular formula is C8H9N5O2S. The number of anilines is 1. The van der Waals surface area contributed by atoms with Crippen molar-refractivity contribution in [2.75, 3.05) is 10.6 Å². The molecule has 16 heavy (non-hydrogen) atoms. The van der Waals surface area contributed by atoms with Gasteiger partial charge in [0.2, 0.25) is 0 Å². The Morgan fingerprint density at radius 2 is 1.69 bits per heavy atom. The quantitative estimate of drug-likeness (QED) is 0.721. The van der Waals surface area contributed by atoms with Crippen LogP contribution in [0, 0.1) is 0 Å². The van der Waals surface area contributed by atoms with Gasteiger partial charge < -0.3 is 5.73 Å². The second-order valence-corrected chi connectivity index (χ2v) is 4.64. The van der Waals surface area contributed by atoms with Crippen LogP contribution in [0.4, 0.5) is 5.69 Å². The fourth-order valence-electron chi connectivity index (χ4n) is 1.07. The molecule has 0 radical (unpaired) electrons. The maximum Gasteiger partial charge on any atom is 0.277 e. The first-order valence-electron chi connectivity index (χ1n) is 4.32. The Bertz CT molecular complexity index is 561. The van der Waals surface area contributed by atoms with Crippen LogP contribution in [0.25, 0.3) is 0 Å². The highest BCUT2D eigenvalue weighted by Crippen LogP contribution is 2.11. The zero-order valence-electron chi connectivity index (χ0n) is 8.11. The van der Waals surface area contributed by atoms with E-state index in [1.54, 1.807) is 0 Å². The molecule has 2 aromatic rings. The van der Waals surface area contributed by atoms with E-state index in [1.807, 2.05) is 0 Å². The van der Waals surface area contributed by atoms with Crippen molar-refractivity contribution in [2.45, 2.75) is 4.90 Å². The molecule has 0 bridgehead atoms. The molecule has 0 amide bonds. The van der Waals surface area contributed by atoms with Gasteiger partial charge in [0.05, 0.1) is 17.3 Å². The molecule has 0 spiro atoms. The Morgan fingerprint density at radius 1 is 1.12 bits per heavy atom. The van der Waals surface area contributed by atoms with Crippen LogP contribution in [0.2, 0.25) is 0 Å². The zero-order chi connectivity index (χ0) is 11.6. The maximum absolute atomic E-state index is 11.8. The summed E-state index contributed by atoms with van der Waals surface area (Å²) in [5.41, 5.74) is 5.96. The first kappa shape index (κ1) is 10.4. The van der Waals surface area contributed by atoms with Gasteiger partial charge in [-0.25, -0.2) is 0 Å². The van der Waals surface area contributed by atoms with Gasteiger partial charge in [-0.3, -0.25) is 0 Å². The van der Waals surface area contributed by atoms with Crippen molar-refractivity contribution in [1.82, 2.24) is 15.1 Å². The molecule has 0 fully saturated rings. The van der Waals surface area contributed by atoms with Crippen molar-refractivity contribution >= 4 is 15.7 Å². The average molecular weight is 239 g/mol. The standard InChI is InChI=1S/C8H9N5O2S/c9-7-1-3-8(4-2-7)16(14,15)12-13-10-5-6-11-13/h1-6,12H,9H2. The molecule has 0 saturated carbocycles. The Labute approximate surface area is 91.9 Å². The van der Waals surface area contributed by atoms with Crippen LogP contribution < -0.4 is 10.6 Å². The van der Waals surface area contributed by atoms with Crippen molar-refractivity contribution in [1.29, 1.82) is 0 Å². The second-order valence-electron chi connectivity index (χ2n) is 2.98. The third-order valence-electron chi connectivity index (χ3n) is 1.81. The number of nitrogen functional groups attached to an aromatic ring is 1. The molecule has 0 atom stereocenters. The number of rotatable bonds is 3. The van der Waals surface area contributed by atoms with Crippen LogP contribution in [0.5, 0.6) is 0 Å². The fraction of sp³-hybridized carbons (Fsp3) is 0. The fourth-order valence-corrected chi connectivity index (χ4v) is 1.98. The number of benzene rings is 1. The summed E-state index contributed by atoms with van der Waals surface area (Å²) < 4.78 is 23.5. The highest BCUT2D eigenvalue weighted by molar-refractivity contribution is 7.92. The predicted octanol–water partition coefficient (Wildman–Crippen LogP) is -0.207. The van der Waals surface area contributed by atoms with Crippen molar-refractivity contribution in [3.63, 3.8) is 0 Å². The molecule has 0 aliphatic carbocycles. The van der Waals surface area contributed by atoms with E-state index in [9.17, 15) is 8.42 Å². The number of nitrogens with zero attached hydrogens (tertiary/aromatic N) is 3. The molecule has 1 heterocycles. The Hall–Kier alpha value is -2.09. The lowest BCUT2D eigenvalue weighted by molar-refractivity contribution is 0.583. The van der Waals surface area contributed by atoms with Crippen LogP contribution in [-0.4, -0.2) is 23.5 Å². The third-order valence-corrected chi connectivity index (χ3v) is 3.11. The van der Waals surface area contributed by atoms with Gasteiger partial charge in [0, 0.05) is 5.69 Å². The van der Waals surface area contributed by atoms with E-state index in [0.29, 0.717) is 5.69 Å². The van der Waals surface area contributed by atoms with E-state index >= 15 is 0 Å². The van der Waals surface area contributed by atoms with Crippen LogP contribution in [0.3, 0.4) is 0 Å². The number of hydrogen-bond donors (Lipinski definition) is 2. The summed E-state index contributed by atoms with van der Waals surface area (Å²) in [7, 11) is -3.67. The summed E-state index contributed by atoms with van der Waals surface area (Å²) in [6, 6.07) is 5.82. The monoisotopic (exact) mass is 239 g/mol. The van der Waals surface area contributed by atoms with Crippen molar-refractivity contribution in [3.05, 3.63) is 36.7 Å². The summed E-state index contributed by atoms with van der Waals surface area (Å²) in [6.07, 6.45) is 2.73. The lowest BCUT2D eigenvalue weighted by Gasteiger charge is -2.05. The molecule has 7 nitrogen and oxygen atoms in total. The normalized spacial score (nSPS) is 11.2. The van der Waals surface area contributed by atoms with Gasteiger partial charge in [0.25, 0.3) is 10.0 Å². The molecule has 1 aromatic heterocycles. The van der Waals surface area contributed by atoms with Gasteiger partial charge >= 0.3 is 0 Å². The SMILES string of the molecule is Nc1ccc(S(=O)(=O)Nn2nccn2)cc1. The van der Waals surface area contributed by atoms with E-state index in [2.05, 4.69) is 15.0 Å². The minimum atomic E-state index is -3.67. The van der Waals surface area contributed by atoms with Crippen molar-refractivity contribution in [2.24, 2.45) is 0 Å². The van der Waals surface area contributed by atoms with Gasteiger partial charge in [-0.15, -0.1) is 10.2 Å². The van der Waals surface area contributed by atoms with E-state index in [1.165, 1.54) is 36.7 Å². The van der Waals surface area contributed by atoms with Crippen LogP contribution in [-0.2, 0) is 10.0 Å². The largest absolute Gasteiger partial charge is 0.399 e. The summed E-state index contributed by atoms with van der Waals surface area (Å²) in [4.78, 5) is 3.12. The molecule has 0 aliphatic heterocycles. The molecule has 0 aliphatic rings. The van der Waals surface area contributed by atoms with Crippen molar-refractivity contribution < 1.29 is 8.42 Å². The highest BCUT2D eigenvalue weighted by atomic mass is 32.2. The predicted molar refractivity (Wildman–Crippen MR) is 57.4 cm³/mol. The minimum absolute atomic E-state index is 0.0963. The molecule has 2 rings (SSSR count). The van der Waals surface area contributed by atoms with E-state index < -0.39 is 10.0 Å². The molecule has 84 valence electrons. The topological polar surface area (TPSA) is 103 Å². The maximum atomic E-state index is 11.8. The third kappa shape index (κ3) is 2.11. The summed E-state index contributed by atoms with van der Waals surface area (Å²) in [6.45, 7) is 0. The van der Waals surface area contributed by atoms with E-state index in [0.717, 1.165) is 4.91 Å². The van der Waals surface area contributed by atoms with Crippen LogP contribution >= 0.6 is 0 Å². The Kier molecular flexibility index (Phi) is 2.49. The molecular weight excluding hydrogens is 230 g/mol. The van der Waals surface area contributed by atoms with Crippen molar-refractivity contribution in [3.8, 4) is 0 Å². The second kappa shape index (κ2) is 3.81. The number of hydrogen-bond acceptors (Lipinski definition) is 5. The summed E-state index contributed by atoms with van der Waals surface area (Å²) in [5.74, 6) is 0. The highest BCUT2D eigenvalue weighted by Gasteiger charge is 2.14. The smallest absolute Gasteiger partial charge is 0.277 e. The molecule has 0 saturated heterocycles. The van der Waals surface area contributed by atoms with Gasteiger partial charge in [-0.05, 0) is 24.3 Å². The first-order valence-corrected chi connectivity index (χ1v) is 5.81. The molecule has 8 heteroatoms. The lowest BCUT2D eigenvalue weighted by atomic mass is 10.3. The Balaban J connectivity index is 2.29. The number of nitrogens with one attached hydrogen (secondary N) is 1. The summed E-state index contributed by atoms with van der Waals surface area (Å²) >= 11 is 0. The minimum Gasteiger partial charge on any atom is -0.399 e. The number of sulfonamides is 1. The number of aromatic nitrogens is 3. The van der Waals surface area contributed by atoms with Gasteiger partial charge in [-0.1, -0.05) is 4.91 Å². The van der Waals surface area contributed by atoms with Gasteiger partial charge in [0.1, 0.15) is 0 Å². The van der Waals surface area contributed by atoms with E-state index in [4.69, 9.17) is 5.73 Å². The van der Waals surface area contributed by atoms with Gasteiger partial charge in [-0.2, -0.15) is 13.2 Å². The number of nitrogens with two attached hydrogens (primary N) is 1. The van der Waals surface area contributed by atoms with E-state index in [-0.39, 0.29) is 4.90 Å². The summed E-state index contributed by atoms with van der Waals surface area (Å²) in [5, 5.41) is 7.27.